The van der Waals surface area contributed by atoms with Gasteiger partial charge in [0.15, 0.2) is 5.13 Å². The van der Waals surface area contributed by atoms with Gasteiger partial charge < -0.3 is 10.2 Å². The van der Waals surface area contributed by atoms with Gasteiger partial charge in [-0.05, 0) is 44.0 Å². The van der Waals surface area contributed by atoms with Crippen LogP contribution in [0.15, 0.2) is 18.2 Å². The van der Waals surface area contributed by atoms with Gasteiger partial charge in [0.1, 0.15) is 0 Å². The number of aryl methyl sites for hydroxylation is 2. The fraction of sp³-hybridized carbons (Fsp3) is 0.353. The molecule has 0 saturated heterocycles. The summed E-state index contributed by atoms with van der Waals surface area (Å²) in [4.78, 5) is 31.5. The third-order valence-corrected chi connectivity index (χ3v) is 5.30. The minimum Gasteiger partial charge on any atom is -0.312 e. The molecule has 0 aliphatic carbocycles. The summed E-state index contributed by atoms with van der Waals surface area (Å²) in [6.07, 6.45) is 1.12. The molecular formula is C17H18ClN3O2S. The second kappa shape index (κ2) is 6.91. The Balaban J connectivity index is 1.56. The van der Waals surface area contributed by atoms with Gasteiger partial charge in [0, 0.05) is 35.0 Å². The van der Waals surface area contributed by atoms with Crippen molar-refractivity contribution in [2.24, 2.45) is 0 Å². The molecule has 1 N–H and O–H groups in total. The van der Waals surface area contributed by atoms with Crippen LogP contribution in [0.25, 0.3) is 0 Å². The summed E-state index contributed by atoms with van der Waals surface area (Å²) in [5.41, 5.74) is 2.89. The SMILES string of the molecule is Cc1nc(NC(=O)CCC(=O)N2CCc3cc(Cl)ccc32)sc1C. The lowest BCUT2D eigenvalue weighted by atomic mass is 10.2. The number of amides is 2. The summed E-state index contributed by atoms with van der Waals surface area (Å²) in [7, 11) is 0. The number of fused-ring (bicyclic) bond motifs is 1. The molecule has 3 rings (SSSR count). The highest BCUT2D eigenvalue weighted by Gasteiger charge is 2.25. The minimum absolute atomic E-state index is 0.0438. The Morgan fingerprint density at radius 1 is 1.33 bits per heavy atom. The smallest absolute Gasteiger partial charge is 0.227 e. The van der Waals surface area contributed by atoms with Crippen molar-refractivity contribution in [2.75, 3.05) is 16.8 Å². The second-order valence-electron chi connectivity index (χ2n) is 5.78. The Morgan fingerprint density at radius 2 is 2.12 bits per heavy atom. The van der Waals surface area contributed by atoms with E-state index in [2.05, 4.69) is 10.3 Å². The molecule has 0 unspecified atom stereocenters. The van der Waals surface area contributed by atoms with Crippen LogP contribution in [-0.2, 0) is 16.0 Å². The highest BCUT2D eigenvalue weighted by molar-refractivity contribution is 7.15. The van der Waals surface area contributed by atoms with Crippen molar-refractivity contribution in [3.63, 3.8) is 0 Å². The first-order chi connectivity index (χ1) is 11.4. The van der Waals surface area contributed by atoms with Gasteiger partial charge in [0.05, 0.1) is 5.69 Å². The maximum atomic E-state index is 12.4. The van der Waals surface area contributed by atoms with Crippen molar-refractivity contribution in [1.82, 2.24) is 4.98 Å². The Hall–Kier alpha value is -1.92. The molecule has 7 heteroatoms. The number of carbonyl (C=O) groups is 2. The Morgan fingerprint density at radius 3 is 2.83 bits per heavy atom. The van der Waals surface area contributed by atoms with E-state index in [0.717, 1.165) is 28.2 Å². The van der Waals surface area contributed by atoms with Crippen molar-refractivity contribution in [3.8, 4) is 0 Å². The number of carbonyl (C=O) groups excluding carboxylic acids is 2. The molecule has 2 heterocycles. The van der Waals surface area contributed by atoms with E-state index in [1.54, 1.807) is 11.0 Å². The van der Waals surface area contributed by atoms with Crippen molar-refractivity contribution in [1.29, 1.82) is 0 Å². The third kappa shape index (κ3) is 3.60. The lowest BCUT2D eigenvalue weighted by Gasteiger charge is -2.17. The van der Waals surface area contributed by atoms with E-state index in [-0.39, 0.29) is 24.7 Å². The van der Waals surface area contributed by atoms with Crippen molar-refractivity contribution >= 4 is 45.6 Å². The lowest BCUT2D eigenvalue weighted by Crippen LogP contribution is -2.29. The molecule has 0 spiro atoms. The van der Waals surface area contributed by atoms with Crippen LogP contribution in [0.1, 0.15) is 29.0 Å². The average Bonchev–Trinajstić information content (AvgIpc) is 3.08. The number of halogens is 1. The summed E-state index contributed by atoms with van der Waals surface area (Å²) in [5.74, 6) is -0.231. The zero-order valence-electron chi connectivity index (χ0n) is 13.6. The number of nitrogens with zero attached hydrogens (tertiary/aromatic N) is 2. The van der Waals surface area contributed by atoms with E-state index in [1.807, 2.05) is 26.0 Å². The molecular weight excluding hydrogens is 346 g/mol. The van der Waals surface area contributed by atoms with Gasteiger partial charge in [0.25, 0.3) is 0 Å². The van der Waals surface area contributed by atoms with Crippen molar-refractivity contribution < 1.29 is 9.59 Å². The number of benzene rings is 1. The maximum Gasteiger partial charge on any atom is 0.227 e. The fourth-order valence-electron chi connectivity index (χ4n) is 2.69. The first-order valence-electron chi connectivity index (χ1n) is 7.76. The van der Waals surface area contributed by atoms with E-state index < -0.39 is 0 Å². The number of anilines is 2. The zero-order valence-corrected chi connectivity index (χ0v) is 15.1. The zero-order chi connectivity index (χ0) is 17.3. The van der Waals surface area contributed by atoms with E-state index in [1.165, 1.54) is 11.3 Å². The molecule has 1 aromatic heterocycles. The number of rotatable bonds is 4. The summed E-state index contributed by atoms with van der Waals surface area (Å²) in [6.45, 7) is 4.51. The monoisotopic (exact) mass is 363 g/mol. The predicted octanol–water partition coefficient (Wildman–Crippen LogP) is 3.72. The standard InChI is InChI=1S/C17H18ClN3O2S/c1-10-11(2)24-17(19-10)20-15(22)5-6-16(23)21-8-7-12-9-13(18)3-4-14(12)21/h3-4,9H,5-8H2,1-2H3,(H,19,20,22). The summed E-state index contributed by atoms with van der Waals surface area (Å²) < 4.78 is 0. The van der Waals surface area contributed by atoms with E-state index in [9.17, 15) is 9.59 Å². The van der Waals surface area contributed by atoms with Crippen LogP contribution in [0.5, 0.6) is 0 Å². The number of thiazole rings is 1. The van der Waals surface area contributed by atoms with Gasteiger partial charge in [-0.1, -0.05) is 11.6 Å². The number of aromatic nitrogens is 1. The molecule has 2 aromatic rings. The average molecular weight is 364 g/mol. The van der Waals surface area contributed by atoms with Gasteiger partial charge in [-0.2, -0.15) is 0 Å². The number of hydrogen-bond donors (Lipinski definition) is 1. The van der Waals surface area contributed by atoms with Crippen LogP contribution in [0.3, 0.4) is 0 Å². The molecule has 0 radical (unpaired) electrons. The molecule has 1 aliphatic rings. The number of hydrogen-bond acceptors (Lipinski definition) is 4. The normalized spacial score (nSPS) is 13.0. The van der Waals surface area contributed by atoms with Gasteiger partial charge >= 0.3 is 0 Å². The molecule has 24 heavy (non-hydrogen) atoms. The van der Waals surface area contributed by atoms with Crippen LogP contribution < -0.4 is 10.2 Å². The van der Waals surface area contributed by atoms with E-state index >= 15 is 0 Å². The van der Waals surface area contributed by atoms with Crippen LogP contribution in [0.2, 0.25) is 5.02 Å². The second-order valence-corrected chi connectivity index (χ2v) is 7.42. The molecule has 0 bridgehead atoms. The van der Waals surface area contributed by atoms with E-state index in [0.29, 0.717) is 16.7 Å². The van der Waals surface area contributed by atoms with Crippen LogP contribution in [0, 0.1) is 13.8 Å². The maximum absolute atomic E-state index is 12.4. The molecule has 1 aliphatic heterocycles. The largest absolute Gasteiger partial charge is 0.312 e. The van der Waals surface area contributed by atoms with Gasteiger partial charge in [-0.3, -0.25) is 9.59 Å². The van der Waals surface area contributed by atoms with Crippen LogP contribution in [-0.4, -0.2) is 23.3 Å². The molecule has 126 valence electrons. The van der Waals surface area contributed by atoms with Crippen molar-refractivity contribution in [3.05, 3.63) is 39.4 Å². The Bertz CT molecular complexity index is 784. The van der Waals surface area contributed by atoms with Gasteiger partial charge in [-0.15, -0.1) is 11.3 Å². The van der Waals surface area contributed by atoms with Crippen LogP contribution in [0.4, 0.5) is 10.8 Å². The predicted molar refractivity (Wildman–Crippen MR) is 97.0 cm³/mol. The number of nitrogens with one attached hydrogen (secondary N) is 1. The fourth-order valence-corrected chi connectivity index (χ4v) is 3.72. The Kier molecular flexibility index (Phi) is 4.87. The third-order valence-electron chi connectivity index (χ3n) is 4.08. The Labute approximate surface area is 149 Å². The highest BCUT2D eigenvalue weighted by Crippen LogP contribution is 2.31. The van der Waals surface area contributed by atoms with Gasteiger partial charge in [-0.25, -0.2) is 4.98 Å². The first kappa shape index (κ1) is 16.9. The molecule has 0 atom stereocenters. The first-order valence-corrected chi connectivity index (χ1v) is 8.96. The molecule has 5 nitrogen and oxygen atoms in total. The summed E-state index contributed by atoms with van der Waals surface area (Å²) >= 11 is 7.43. The topological polar surface area (TPSA) is 62.3 Å². The lowest BCUT2D eigenvalue weighted by molar-refractivity contribution is -0.122. The molecule has 2 amide bonds. The minimum atomic E-state index is -0.187. The quantitative estimate of drug-likeness (QED) is 0.900. The molecule has 1 aromatic carbocycles. The molecule has 0 saturated carbocycles. The van der Waals surface area contributed by atoms with Crippen LogP contribution >= 0.6 is 22.9 Å². The highest BCUT2D eigenvalue weighted by atomic mass is 35.5. The van der Waals surface area contributed by atoms with Gasteiger partial charge in [0.2, 0.25) is 11.8 Å². The summed E-state index contributed by atoms with van der Waals surface area (Å²) in [5, 5.41) is 4.02. The summed E-state index contributed by atoms with van der Waals surface area (Å²) in [6, 6.07) is 5.54. The van der Waals surface area contributed by atoms with E-state index in [4.69, 9.17) is 11.6 Å². The molecule has 0 fully saturated rings. The van der Waals surface area contributed by atoms with Crippen molar-refractivity contribution in [2.45, 2.75) is 33.1 Å².